The molecule has 3 aliphatic rings. The van der Waals surface area contributed by atoms with Crippen LogP contribution in [-0.4, -0.2) is 92.9 Å². The summed E-state index contributed by atoms with van der Waals surface area (Å²) in [5, 5.41) is 35.5. The molecule has 6 atom stereocenters. The van der Waals surface area contributed by atoms with E-state index in [1.807, 2.05) is 29.2 Å². The van der Waals surface area contributed by atoms with Gasteiger partial charge in [-0.05, 0) is 85.9 Å². The van der Waals surface area contributed by atoms with Crippen LogP contribution in [0.1, 0.15) is 38.1 Å². The van der Waals surface area contributed by atoms with E-state index in [2.05, 4.69) is 20.7 Å². The number of nitrogens with one attached hydrogen (secondary N) is 1. The summed E-state index contributed by atoms with van der Waals surface area (Å²) in [6.07, 6.45) is 4.08. The van der Waals surface area contributed by atoms with E-state index >= 15 is 0 Å². The van der Waals surface area contributed by atoms with Crippen molar-refractivity contribution in [2.75, 3.05) is 33.5 Å². The summed E-state index contributed by atoms with van der Waals surface area (Å²) in [5.41, 5.74) is 0.791. The van der Waals surface area contributed by atoms with Gasteiger partial charge in [-0.15, -0.1) is 10.2 Å². The number of tetrazole rings is 1. The highest BCUT2D eigenvalue weighted by molar-refractivity contribution is 5.74. The molecular formula is C25H34N6O6. The van der Waals surface area contributed by atoms with Crippen LogP contribution in [0.4, 0.5) is 0 Å². The van der Waals surface area contributed by atoms with E-state index in [1.165, 1.54) is 0 Å². The Bertz CT molecular complexity index is 1090. The number of hydrogen-bond acceptors (Lipinski definition) is 9. The Morgan fingerprint density at radius 1 is 1.08 bits per heavy atom. The van der Waals surface area contributed by atoms with E-state index in [0.29, 0.717) is 55.3 Å². The van der Waals surface area contributed by atoms with Crippen LogP contribution >= 0.6 is 0 Å². The maximum absolute atomic E-state index is 12.1. The molecule has 2 aromatic rings. The van der Waals surface area contributed by atoms with Crippen LogP contribution in [0.5, 0.6) is 5.75 Å². The van der Waals surface area contributed by atoms with Gasteiger partial charge in [0, 0.05) is 25.8 Å². The minimum Gasteiger partial charge on any atom is -0.480 e. The number of carboxylic acid groups (broad SMARTS) is 2. The van der Waals surface area contributed by atoms with Crippen molar-refractivity contribution in [2.45, 2.75) is 50.2 Å². The summed E-state index contributed by atoms with van der Waals surface area (Å²) in [4.78, 5) is 27.1. The molecule has 6 unspecified atom stereocenters. The average Bonchev–Trinajstić information content (AvgIpc) is 3.55. The van der Waals surface area contributed by atoms with Crippen LogP contribution in [0, 0.1) is 17.8 Å². The molecule has 3 heterocycles. The number of hydrogen-bond donors (Lipinski definition) is 3. The van der Waals surface area contributed by atoms with Gasteiger partial charge in [0.05, 0.1) is 6.04 Å². The highest BCUT2D eigenvalue weighted by atomic mass is 16.7. The summed E-state index contributed by atoms with van der Waals surface area (Å²) in [5.74, 6) is 0.749. The van der Waals surface area contributed by atoms with Gasteiger partial charge >= 0.3 is 11.9 Å². The summed E-state index contributed by atoms with van der Waals surface area (Å²) in [7, 11) is 1.56. The van der Waals surface area contributed by atoms with Gasteiger partial charge in [0.15, 0.2) is 6.79 Å². The first-order valence-electron chi connectivity index (χ1n) is 12.9. The number of rotatable bonds is 9. The van der Waals surface area contributed by atoms with Gasteiger partial charge in [0.25, 0.3) is 0 Å². The number of carbonyl (C=O) groups is 2. The van der Waals surface area contributed by atoms with E-state index in [0.717, 1.165) is 31.4 Å². The predicted octanol–water partition coefficient (Wildman–Crippen LogP) is 1.50. The molecule has 200 valence electrons. The average molecular weight is 515 g/mol. The lowest BCUT2D eigenvalue weighted by atomic mass is 9.69. The molecule has 3 N–H and O–H groups in total. The van der Waals surface area contributed by atoms with Crippen molar-refractivity contribution in [3.8, 4) is 17.1 Å². The highest BCUT2D eigenvalue weighted by Gasteiger charge is 2.42. The summed E-state index contributed by atoms with van der Waals surface area (Å²) >= 11 is 0. The third kappa shape index (κ3) is 5.76. The number of likely N-dealkylation sites (tertiary alicyclic amines) is 1. The van der Waals surface area contributed by atoms with Gasteiger partial charge in [0.2, 0.25) is 5.82 Å². The second kappa shape index (κ2) is 11.1. The zero-order valence-corrected chi connectivity index (χ0v) is 20.9. The largest absolute Gasteiger partial charge is 0.480 e. The van der Waals surface area contributed by atoms with Crippen molar-refractivity contribution in [1.82, 2.24) is 30.4 Å². The number of carboxylic acids is 2. The number of fused-ring (bicyclic) bond motifs is 1. The fourth-order valence-electron chi connectivity index (χ4n) is 6.17. The maximum Gasteiger partial charge on any atom is 0.321 e. The summed E-state index contributed by atoms with van der Waals surface area (Å²) < 4.78 is 10.3. The molecule has 0 bridgehead atoms. The zero-order valence-electron chi connectivity index (χ0n) is 20.9. The molecule has 1 aliphatic carbocycles. The Hall–Kier alpha value is -3.09. The van der Waals surface area contributed by atoms with E-state index in [-0.39, 0.29) is 12.8 Å². The quantitative estimate of drug-likeness (QED) is 0.417. The molecule has 37 heavy (non-hydrogen) atoms. The van der Waals surface area contributed by atoms with Crippen LogP contribution < -0.4 is 10.1 Å². The normalized spacial score (nSPS) is 30.1. The number of aliphatic carboxylic acids is 2. The van der Waals surface area contributed by atoms with Crippen molar-refractivity contribution < 1.29 is 29.3 Å². The smallest absolute Gasteiger partial charge is 0.321 e. The number of ether oxygens (including phenoxy) is 2. The highest BCUT2D eigenvalue weighted by Crippen LogP contribution is 2.40. The molecule has 2 aliphatic heterocycles. The minimum absolute atomic E-state index is 0.166. The molecule has 1 aromatic heterocycles. The minimum atomic E-state index is -0.837. The SMILES string of the molecule is COCOc1ccc(-c2nnn(C3CC(C(=O)O)N(CC4CCC5CNC(C(=O)O)CC5C4)C3)n2)cc1. The van der Waals surface area contributed by atoms with E-state index in [9.17, 15) is 19.8 Å². The van der Waals surface area contributed by atoms with E-state index in [4.69, 9.17) is 9.47 Å². The summed E-state index contributed by atoms with van der Waals surface area (Å²) in [6, 6.07) is 6.04. The second-order valence-electron chi connectivity index (χ2n) is 10.4. The lowest BCUT2D eigenvalue weighted by Crippen LogP contribution is -2.50. The first-order valence-corrected chi connectivity index (χ1v) is 12.9. The van der Waals surface area contributed by atoms with Crippen molar-refractivity contribution in [1.29, 1.82) is 0 Å². The molecule has 1 aromatic carbocycles. The first kappa shape index (κ1) is 25.6. The molecule has 3 fully saturated rings. The van der Waals surface area contributed by atoms with Crippen LogP contribution in [0.15, 0.2) is 24.3 Å². The zero-order chi connectivity index (χ0) is 25.9. The van der Waals surface area contributed by atoms with Gasteiger partial charge in [-0.25, -0.2) is 0 Å². The molecule has 1 saturated carbocycles. The van der Waals surface area contributed by atoms with Gasteiger partial charge in [-0.2, -0.15) is 4.80 Å². The van der Waals surface area contributed by atoms with Crippen LogP contribution in [-0.2, 0) is 14.3 Å². The Balaban J connectivity index is 1.22. The third-order valence-electron chi connectivity index (χ3n) is 8.08. The lowest BCUT2D eigenvalue weighted by Gasteiger charge is -2.42. The third-order valence-corrected chi connectivity index (χ3v) is 8.08. The first-order chi connectivity index (χ1) is 17.9. The Morgan fingerprint density at radius 2 is 1.89 bits per heavy atom. The van der Waals surface area contributed by atoms with Gasteiger partial charge in [-0.1, -0.05) is 0 Å². The fourth-order valence-corrected chi connectivity index (χ4v) is 6.17. The fraction of sp³-hybridized carbons (Fsp3) is 0.640. The number of nitrogens with zero attached hydrogens (tertiary/aromatic N) is 5. The number of benzene rings is 1. The van der Waals surface area contributed by atoms with Crippen LogP contribution in [0.25, 0.3) is 11.4 Å². The van der Waals surface area contributed by atoms with Crippen LogP contribution in [0.2, 0.25) is 0 Å². The lowest BCUT2D eigenvalue weighted by molar-refractivity contribution is -0.143. The Morgan fingerprint density at radius 3 is 2.62 bits per heavy atom. The number of methoxy groups -OCH3 is 1. The van der Waals surface area contributed by atoms with E-state index in [1.54, 1.807) is 11.9 Å². The van der Waals surface area contributed by atoms with Crippen molar-refractivity contribution >= 4 is 11.9 Å². The number of aromatic nitrogens is 4. The molecule has 0 spiro atoms. The summed E-state index contributed by atoms with van der Waals surface area (Å²) in [6.45, 7) is 2.15. The van der Waals surface area contributed by atoms with Crippen molar-refractivity contribution in [3.63, 3.8) is 0 Å². The molecule has 2 saturated heterocycles. The Labute approximate surface area is 214 Å². The molecule has 12 heteroatoms. The van der Waals surface area contributed by atoms with E-state index < -0.39 is 24.0 Å². The topological polar surface area (TPSA) is 152 Å². The standard InChI is InChI=1S/C25H34N6O6/c1-36-14-37-20-6-4-16(5-7-20)23-27-29-31(28-23)19-10-22(25(34)35)30(13-19)12-15-2-3-17-11-26-21(24(32)33)9-18(17)8-15/h4-7,15,17-19,21-22,26H,2-3,8-14H2,1H3,(H,32,33)(H,34,35). The van der Waals surface area contributed by atoms with Crippen molar-refractivity contribution in [3.05, 3.63) is 24.3 Å². The van der Waals surface area contributed by atoms with Crippen LogP contribution in [0.3, 0.4) is 0 Å². The molecular weight excluding hydrogens is 480 g/mol. The van der Waals surface area contributed by atoms with Gasteiger partial charge in [-0.3, -0.25) is 14.5 Å². The predicted molar refractivity (Wildman–Crippen MR) is 131 cm³/mol. The Kier molecular flexibility index (Phi) is 7.68. The van der Waals surface area contributed by atoms with Gasteiger partial charge in [0.1, 0.15) is 17.8 Å². The van der Waals surface area contributed by atoms with Gasteiger partial charge < -0.3 is 25.0 Å². The van der Waals surface area contributed by atoms with Crippen molar-refractivity contribution in [2.24, 2.45) is 17.8 Å². The molecule has 12 nitrogen and oxygen atoms in total. The monoisotopic (exact) mass is 514 g/mol. The molecule has 5 rings (SSSR count). The molecule has 0 amide bonds. The molecule has 0 radical (unpaired) electrons. The maximum atomic E-state index is 12.1. The second-order valence-corrected chi connectivity index (χ2v) is 10.4. The number of piperidine rings is 1.